The van der Waals surface area contributed by atoms with Gasteiger partial charge in [0.15, 0.2) is 5.84 Å². The van der Waals surface area contributed by atoms with Crippen LogP contribution in [-0.2, 0) is 0 Å². The van der Waals surface area contributed by atoms with Gasteiger partial charge in [-0.15, -0.1) is 0 Å². The molecule has 114 valence electrons. The Morgan fingerprint density at radius 3 is 2.43 bits per heavy atom. The first-order chi connectivity index (χ1) is 10.3. The Hall–Kier alpha value is -1.75. The quantitative estimate of drug-likeness (QED) is 0.385. The second kappa shape index (κ2) is 6.35. The molecule has 0 radical (unpaired) electrons. The molecule has 1 aromatic rings. The zero-order valence-electron chi connectivity index (χ0n) is 12.4. The lowest BCUT2D eigenvalue weighted by atomic mass is 10.1. The van der Waals surface area contributed by atoms with Gasteiger partial charge in [-0.2, -0.15) is 0 Å². The number of anilines is 1. The number of oxime groups is 1. The average molecular weight is 288 g/mol. The lowest BCUT2D eigenvalue weighted by Gasteiger charge is -2.39. The Bertz CT molecular complexity index is 503. The Kier molecular flexibility index (Phi) is 4.29. The number of rotatable bonds is 3. The fourth-order valence-corrected chi connectivity index (χ4v) is 3.62. The van der Waals surface area contributed by atoms with E-state index >= 15 is 0 Å². The van der Waals surface area contributed by atoms with E-state index < -0.39 is 0 Å². The molecule has 1 heterocycles. The van der Waals surface area contributed by atoms with Crippen molar-refractivity contribution in [1.29, 1.82) is 0 Å². The summed E-state index contributed by atoms with van der Waals surface area (Å²) in [7, 11) is 0. The lowest BCUT2D eigenvalue weighted by molar-refractivity contribution is 0.187. The number of para-hydroxylation sites is 1. The van der Waals surface area contributed by atoms with E-state index in [2.05, 4.69) is 21.0 Å². The van der Waals surface area contributed by atoms with Gasteiger partial charge in [-0.3, -0.25) is 4.90 Å². The van der Waals surface area contributed by atoms with Crippen LogP contribution in [-0.4, -0.2) is 48.2 Å². The van der Waals surface area contributed by atoms with Gasteiger partial charge in [-0.1, -0.05) is 30.1 Å². The van der Waals surface area contributed by atoms with Gasteiger partial charge in [-0.25, -0.2) is 0 Å². The first kappa shape index (κ1) is 14.2. The highest BCUT2D eigenvalue weighted by Crippen LogP contribution is 2.26. The van der Waals surface area contributed by atoms with Gasteiger partial charge >= 0.3 is 0 Å². The highest BCUT2D eigenvalue weighted by Gasteiger charge is 2.27. The molecule has 5 nitrogen and oxygen atoms in total. The van der Waals surface area contributed by atoms with E-state index in [1.165, 1.54) is 25.7 Å². The zero-order valence-corrected chi connectivity index (χ0v) is 12.4. The van der Waals surface area contributed by atoms with Crippen molar-refractivity contribution in [2.75, 3.05) is 31.1 Å². The van der Waals surface area contributed by atoms with E-state index in [1.54, 1.807) is 0 Å². The van der Waals surface area contributed by atoms with E-state index in [0.717, 1.165) is 43.5 Å². The molecule has 0 amide bonds. The summed E-state index contributed by atoms with van der Waals surface area (Å²) in [5.74, 6) is 0.184. The van der Waals surface area contributed by atoms with E-state index in [1.807, 2.05) is 18.2 Å². The molecular weight excluding hydrogens is 264 g/mol. The minimum atomic E-state index is 0.184. The van der Waals surface area contributed by atoms with Crippen LogP contribution in [0.15, 0.2) is 29.4 Å². The molecule has 1 saturated heterocycles. The number of amidine groups is 1. The largest absolute Gasteiger partial charge is 0.409 e. The number of piperazine rings is 1. The van der Waals surface area contributed by atoms with Gasteiger partial charge in [-0.05, 0) is 25.0 Å². The van der Waals surface area contributed by atoms with Crippen molar-refractivity contribution in [3.63, 3.8) is 0 Å². The van der Waals surface area contributed by atoms with Gasteiger partial charge in [0.1, 0.15) is 0 Å². The SMILES string of the molecule is NC(=NO)c1ccccc1N1CCN(C2CCCC2)CC1. The third-order valence-electron chi connectivity index (χ3n) is 4.78. The first-order valence-corrected chi connectivity index (χ1v) is 7.85. The van der Waals surface area contributed by atoms with Crippen molar-refractivity contribution in [1.82, 2.24) is 4.90 Å². The van der Waals surface area contributed by atoms with Crippen molar-refractivity contribution in [3.8, 4) is 0 Å². The van der Waals surface area contributed by atoms with Crippen LogP contribution in [0.1, 0.15) is 31.2 Å². The summed E-state index contributed by atoms with van der Waals surface area (Å²) in [4.78, 5) is 4.98. The molecule has 2 fully saturated rings. The first-order valence-electron chi connectivity index (χ1n) is 7.85. The highest BCUT2D eigenvalue weighted by atomic mass is 16.4. The van der Waals surface area contributed by atoms with Gasteiger partial charge in [0.25, 0.3) is 0 Å². The maximum absolute atomic E-state index is 8.93. The summed E-state index contributed by atoms with van der Waals surface area (Å²) in [6.45, 7) is 4.22. The van der Waals surface area contributed by atoms with Crippen LogP contribution in [0.2, 0.25) is 0 Å². The molecule has 0 unspecified atom stereocenters. The van der Waals surface area contributed by atoms with Crippen molar-refractivity contribution < 1.29 is 5.21 Å². The molecule has 5 heteroatoms. The van der Waals surface area contributed by atoms with Crippen molar-refractivity contribution in [2.45, 2.75) is 31.7 Å². The van der Waals surface area contributed by atoms with E-state index in [0.29, 0.717) is 0 Å². The monoisotopic (exact) mass is 288 g/mol. The van der Waals surface area contributed by atoms with Crippen LogP contribution in [0.5, 0.6) is 0 Å². The maximum atomic E-state index is 8.93. The van der Waals surface area contributed by atoms with Gasteiger partial charge in [0.2, 0.25) is 0 Å². The molecule has 0 bridgehead atoms. The van der Waals surface area contributed by atoms with Crippen molar-refractivity contribution in [2.24, 2.45) is 10.9 Å². The van der Waals surface area contributed by atoms with Crippen molar-refractivity contribution in [3.05, 3.63) is 29.8 Å². The minimum absolute atomic E-state index is 0.184. The number of hydrogen-bond acceptors (Lipinski definition) is 4. The van der Waals surface area contributed by atoms with Gasteiger partial charge in [0.05, 0.1) is 0 Å². The fraction of sp³-hybridized carbons (Fsp3) is 0.562. The van der Waals surface area contributed by atoms with Crippen LogP contribution < -0.4 is 10.6 Å². The topological polar surface area (TPSA) is 65.1 Å². The number of nitrogens with zero attached hydrogens (tertiary/aromatic N) is 3. The number of hydrogen-bond donors (Lipinski definition) is 2. The predicted molar refractivity (Wildman–Crippen MR) is 85.0 cm³/mol. The van der Waals surface area contributed by atoms with E-state index in [9.17, 15) is 0 Å². The zero-order chi connectivity index (χ0) is 14.7. The van der Waals surface area contributed by atoms with E-state index in [-0.39, 0.29) is 5.84 Å². The molecule has 1 aliphatic heterocycles. The normalized spacial score (nSPS) is 21.9. The smallest absolute Gasteiger partial charge is 0.172 e. The average Bonchev–Trinajstić information content (AvgIpc) is 3.09. The molecule has 3 N–H and O–H groups in total. The molecule has 1 saturated carbocycles. The third kappa shape index (κ3) is 2.97. The molecule has 2 aliphatic rings. The Morgan fingerprint density at radius 1 is 1.10 bits per heavy atom. The highest BCUT2D eigenvalue weighted by molar-refractivity contribution is 6.02. The van der Waals surface area contributed by atoms with E-state index in [4.69, 9.17) is 10.9 Å². The van der Waals surface area contributed by atoms with Gasteiger partial charge < -0.3 is 15.8 Å². The second-order valence-electron chi connectivity index (χ2n) is 5.96. The predicted octanol–water partition coefficient (Wildman–Crippen LogP) is 1.85. The Labute approximate surface area is 126 Å². The third-order valence-corrected chi connectivity index (χ3v) is 4.78. The summed E-state index contributed by atoms with van der Waals surface area (Å²) in [5.41, 5.74) is 7.67. The summed E-state index contributed by atoms with van der Waals surface area (Å²) in [6.07, 6.45) is 5.50. The van der Waals surface area contributed by atoms with Crippen LogP contribution in [0.3, 0.4) is 0 Å². The number of benzene rings is 1. The summed E-state index contributed by atoms with van der Waals surface area (Å²) in [6, 6.07) is 8.69. The Morgan fingerprint density at radius 2 is 1.76 bits per heavy atom. The fourth-order valence-electron chi connectivity index (χ4n) is 3.62. The summed E-state index contributed by atoms with van der Waals surface area (Å²) in [5, 5.41) is 12.1. The molecule has 1 aromatic carbocycles. The molecule has 1 aliphatic carbocycles. The molecule has 0 aromatic heterocycles. The lowest BCUT2D eigenvalue weighted by Crippen LogP contribution is -2.50. The molecular formula is C16H24N4O. The second-order valence-corrected chi connectivity index (χ2v) is 5.96. The number of nitrogens with two attached hydrogens (primary N) is 1. The van der Waals surface area contributed by atoms with Crippen molar-refractivity contribution >= 4 is 11.5 Å². The minimum Gasteiger partial charge on any atom is -0.409 e. The Balaban J connectivity index is 1.69. The molecule has 0 atom stereocenters. The molecule has 0 spiro atoms. The van der Waals surface area contributed by atoms with Crippen LogP contribution in [0.4, 0.5) is 5.69 Å². The summed E-state index contributed by atoms with van der Waals surface area (Å²) < 4.78 is 0. The maximum Gasteiger partial charge on any atom is 0.172 e. The molecule has 3 rings (SSSR count). The standard InChI is InChI=1S/C16H24N4O/c17-16(18-21)14-7-3-4-8-15(14)20-11-9-19(10-12-20)13-5-1-2-6-13/h3-4,7-8,13,21H,1-2,5-6,9-12H2,(H2,17,18). The summed E-state index contributed by atoms with van der Waals surface area (Å²) >= 11 is 0. The van der Waals surface area contributed by atoms with Gasteiger partial charge in [0, 0.05) is 43.5 Å². The van der Waals surface area contributed by atoms with Crippen LogP contribution in [0.25, 0.3) is 0 Å². The van der Waals surface area contributed by atoms with Crippen LogP contribution >= 0.6 is 0 Å². The molecule has 21 heavy (non-hydrogen) atoms. The van der Waals surface area contributed by atoms with Crippen LogP contribution in [0, 0.1) is 0 Å².